The third kappa shape index (κ3) is 11.4. The van der Waals surface area contributed by atoms with Crippen LogP contribution in [0.3, 0.4) is 0 Å². The SMILES string of the molecule is COc1ccc(OC)c(-n2nnc(C(=O)Nc3cc(OCCC/C(N)=C/N(N)CCCCNC(=O)COc4cccc5c4C(=O)N(C4CCC(=O)NC4=O)C5=O)cc(C(C)(C)C)c3)c2C)c1. The molecular weight excluding hydrogens is 853 g/mol. The molecule has 6 amide bonds. The number of allylic oxidation sites excluding steroid dienone is 1. The van der Waals surface area contributed by atoms with E-state index in [1.165, 1.54) is 27.9 Å². The smallest absolute Gasteiger partial charge is 0.278 e. The van der Waals surface area contributed by atoms with Gasteiger partial charge in [-0.05, 0) is 86.4 Å². The van der Waals surface area contributed by atoms with E-state index in [-0.39, 0.29) is 40.8 Å². The van der Waals surface area contributed by atoms with Gasteiger partial charge in [0.2, 0.25) is 11.8 Å². The van der Waals surface area contributed by atoms with E-state index in [4.69, 9.17) is 30.5 Å². The lowest BCUT2D eigenvalue weighted by Gasteiger charge is -2.27. The molecule has 1 unspecified atom stereocenters. The first-order valence-corrected chi connectivity index (χ1v) is 21.4. The quantitative estimate of drug-likeness (QED) is 0.0367. The lowest BCUT2D eigenvalue weighted by Crippen LogP contribution is -2.54. The summed E-state index contributed by atoms with van der Waals surface area (Å²) in [7, 11) is 3.11. The standard InChI is InChI=1S/C46H56N10O10/c1-27-41(52-53-56(27)35-24-31(63-5)14-16-36(35)64-6)43(60)50-30-21-28(46(2,3)4)22-32(23-30)65-20-10-11-29(47)25-54(48)19-8-7-18-49-39(58)26-66-37-13-9-12-33-40(37)45(62)55(44(33)61)34-15-17-38(57)51-42(34)59/h9,12-14,16,21-25,34H,7-8,10-11,15,17-20,26,47-48H2,1-6H3,(H,49,58)(H,50,60)(H,51,57,59)/b29-25-. The third-order valence-electron chi connectivity index (χ3n) is 10.9. The van der Waals surface area contributed by atoms with E-state index in [1.807, 2.05) is 12.1 Å². The Morgan fingerprint density at radius 3 is 2.47 bits per heavy atom. The molecule has 350 valence electrons. The number of rotatable bonds is 20. The number of methoxy groups -OCH3 is 2. The number of hydrazine groups is 1. The average Bonchev–Trinajstić information content (AvgIpc) is 3.79. The molecule has 4 aromatic rings. The first-order valence-electron chi connectivity index (χ1n) is 21.4. The molecule has 3 heterocycles. The van der Waals surface area contributed by atoms with Crippen LogP contribution >= 0.6 is 0 Å². The summed E-state index contributed by atoms with van der Waals surface area (Å²) in [6.45, 7) is 8.71. The molecule has 6 rings (SSSR count). The molecule has 0 spiro atoms. The third-order valence-corrected chi connectivity index (χ3v) is 10.9. The van der Waals surface area contributed by atoms with Crippen molar-refractivity contribution in [3.63, 3.8) is 0 Å². The second kappa shape index (κ2) is 21.0. The number of carbonyl (C=O) groups is 6. The summed E-state index contributed by atoms with van der Waals surface area (Å²) in [5, 5.41) is 17.8. The van der Waals surface area contributed by atoms with Crippen molar-refractivity contribution in [3.8, 4) is 28.7 Å². The lowest BCUT2D eigenvalue weighted by molar-refractivity contribution is -0.136. The maximum Gasteiger partial charge on any atom is 0.278 e. The molecule has 66 heavy (non-hydrogen) atoms. The molecule has 7 N–H and O–H groups in total. The Morgan fingerprint density at radius 2 is 1.74 bits per heavy atom. The largest absolute Gasteiger partial charge is 0.497 e. The van der Waals surface area contributed by atoms with E-state index in [2.05, 4.69) is 47.0 Å². The van der Waals surface area contributed by atoms with Gasteiger partial charge in [-0.25, -0.2) is 10.5 Å². The summed E-state index contributed by atoms with van der Waals surface area (Å²) in [4.78, 5) is 77.3. The maximum absolute atomic E-state index is 13.5. The number of benzene rings is 3. The van der Waals surface area contributed by atoms with Crippen LogP contribution in [0.5, 0.6) is 23.0 Å². The summed E-state index contributed by atoms with van der Waals surface area (Å²) < 4.78 is 24.2. The molecule has 1 aromatic heterocycles. The summed E-state index contributed by atoms with van der Waals surface area (Å²) in [5.41, 5.74) is 9.33. The number of anilines is 1. The molecule has 2 aliphatic rings. The van der Waals surface area contributed by atoms with E-state index < -0.39 is 48.1 Å². The molecule has 20 heteroatoms. The van der Waals surface area contributed by atoms with E-state index in [0.29, 0.717) is 85.4 Å². The highest BCUT2D eigenvalue weighted by molar-refractivity contribution is 6.24. The summed E-state index contributed by atoms with van der Waals surface area (Å²) >= 11 is 0. The minimum Gasteiger partial charge on any atom is -0.497 e. The zero-order valence-corrected chi connectivity index (χ0v) is 37.9. The lowest BCUT2D eigenvalue weighted by atomic mass is 9.86. The Bertz CT molecular complexity index is 2530. The van der Waals surface area contributed by atoms with Crippen molar-refractivity contribution in [1.82, 2.24) is 35.5 Å². The molecular formula is C46H56N10O10. The summed E-state index contributed by atoms with van der Waals surface area (Å²) in [6, 6.07) is 14.2. The van der Waals surface area contributed by atoms with Crippen LogP contribution in [0.25, 0.3) is 5.69 Å². The second-order valence-corrected chi connectivity index (χ2v) is 16.8. The number of imide groups is 2. The molecule has 2 aliphatic heterocycles. The van der Waals surface area contributed by atoms with Crippen LogP contribution in [-0.2, 0) is 19.8 Å². The Labute approximate surface area is 381 Å². The Morgan fingerprint density at radius 1 is 0.955 bits per heavy atom. The minimum absolute atomic E-state index is 0.0000593. The molecule has 20 nitrogen and oxygen atoms in total. The zero-order chi connectivity index (χ0) is 47.7. The Hall–Kier alpha value is -7.48. The molecule has 0 aliphatic carbocycles. The average molecular weight is 909 g/mol. The van der Waals surface area contributed by atoms with E-state index in [0.717, 1.165) is 10.5 Å². The van der Waals surface area contributed by atoms with Crippen molar-refractivity contribution in [1.29, 1.82) is 0 Å². The number of carbonyl (C=O) groups excluding carboxylic acids is 6. The van der Waals surface area contributed by atoms with Crippen molar-refractivity contribution < 1.29 is 47.7 Å². The number of piperidine rings is 1. The van der Waals surface area contributed by atoms with Crippen LogP contribution in [0, 0.1) is 6.92 Å². The van der Waals surface area contributed by atoms with Crippen LogP contribution in [0.4, 0.5) is 5.69 Å². The van der Waals surface area contributed by atoms with E-state index >= 15 is 0 Å². The molecule has 1 atom stereocenters. The number of hydrogen-bond donors (Lipinski definition) is 5. The number of nitrogens with two attached hydrogens (primary N) is 2. The van der Waals surface area contributed by atoms with Crippen molar-refractivity contribution in [2.45, 2.75) is 77.7 Å². The summed E-state index contributed by atoms with van der Waals surface area (Å²) in [6.07, 6.45) is 4.03. The van der Waals surface area contributed by atoms with Crippen molar-refractivity contribution in [2.75, 3.05) is 45.8 Å². The van der Waals surface area contributed by atoms with E-state index in [9.17, 15) is 28.8 Å². The molecule has 1 saturated heterocycles. The van der Waals surface area contributed by atoms with Gasteiger partial charge in [0.1, 0.15) is 34.7 Å². The number of amides is 6. The Kier molecular flexibility index (Phi) is 15.3. The van der Waals surface area contributed by atoms with Gasteiger partial charge in [0.15, 0.2) is 12.3 Å². The number of nitrogens with one attached hydrogen (secondary N) is 3. The minimum atomic E-state index is -1.11. The number of hydrogen-bond acceptors (Lipinski definition) is 15. The number of nitrogens with zero attached hydrogens (tertiary/aromatic N) is 5. The van der Waals surface area contributed by atoms with Crippen LogP contribution in [0.1, 0.15) is 102 Å². The van der Waals surface area contributed by atoms with Crippen LogP contribution in [0.15, 0.2) is 66.5 Å². The normalized spacial score (nSPS) is 15.0. The fourth-order valence-electron chi connectivity index (χ4n) is 7.36. The van der Waals surface area contributed by atoms with Crippen LogP contribution in [-0.4, -0.2) is 107 Å². The maximum atomic E-state index is 13.5. The Balaban J connectivity index is 0.920. The molecule has 1 fully saturated rings. The second-order valence-electron chi connectivity index (χ2n) is 16.8. The van der Waals surface area contributed by atoms with E-state index in [1.54, 1.807) is 51.6 Å². The number of unbranched alkanes of at least 4 members (excludes halogenated alkanes) is 1. The number of fused-ring (bicyclic) bond motifs is 1. The van der Waals surface area contributed by atoms with Crippen molar-refractivity contribution in [3.05, 3.63) is 94.6 Å². The molecule has 3 aromatic carbocycles. The van der Waals surface area contributed by atoms with Gasteiger partial charge in [-0.1, -0.05) is 32.1 Å². The predicted molar refractivity (Wildman–Crippen MR) is 241 cm³/mol. The summed E-state index contributed by atoms with van der Waals surface area (Å²) in [5.74, 6) is 4.48. The van der Waals surface area contributed by atoms with Gasteiger partial charge in [0.05, 0.1) is 37.6 Å². The van der Waals surface area contributed by atoms with Gasteiger partial charge in [0, 0.05) is 49.2 Å². The monoisotopic (exact) mass is 908 g/mol. The molecule has 0 saturated carbocycles. The molecule has 0 radical (unpaired) electrons. The molecule has 0 bridgehead atoms. The van der Waals surface area contributed by atoms with Gasteiger partial charge >= 0.3 is 0 Å². The number of aromatic nitrogens is 3. The van der Waals surface area contributed by atoms with Gasteiger partial charge in [0.25, 0.3) is 23.6 Å². The topological polar surface area (TPSA) is 265 Å². The van der Waals surface area contributed by atoms with Crippen LogP contribution in [0.2, 0.25) is 0 Å². The van der Waals surface area contributed by atoms with Gasteiger partial charge < -0.3 is 40.3 Å². The highest BCUT2D eigenvalue weighted by atomic mass is 16.5. The highest BCUT2D eigenvalue weighted by Crippen LogP contribution is 2.34. The first kappa shape index (κ1) is 48.0. The van der Waals surface area contributed by atoms with Gasteiger partial charge in [-0.3, -0.25) is 39.0 Å². The van der Waals surface area contributed by atoms with Gasteiger partial charge in [-0.15, -0.1) is 5.10 Å². The van der Waals surface area contributed by atoms with Crippen LogP contribution < -0.4 is 46.5 Å². The highest BCUT2D eigenvalue weighted by Gasteiger charge is 2.46. The van der Waals surface area contributed by atoms with Crippen molar-refractivity contribution in [2.24, 2.45) is 11.6 Å². The predicted octanol–water partition coefficient (Wildman–Crippen LogP) is 3.65. The van der Waals surface area contributed by atoms with Crippen molar-refractivity contribution >= 4 is 41.1 Å². The van der Waals surface area contributed by atoms with Gasteiger partial charge in [-0.2, -0.15) is 0 Å². The first-order chi connectivity index (χ1) is 31.5. The fourth-order valence-corrected chi connectivity index (χ4v) is 7.36. The fraction of sp³-hybridized carbons (Fsp3) is 0.391. The number of ether oxygens (including phenoxy) is 4. The zero-order valence-electron chi connectivity index (χ0n) is 37.9.